The van der Waals surface area contributed by atoms with Crippen LogP contribution in [0.4, 0.5) is 0 Å². The average Bonchev–Trinajstić information content (AvgIpc) is 2.68. The van der Waals surface area contributed by atoms with Crippen LogP contribution in [0.2, 0.25) is 0 Å². The van der Waals surface area contributed by atoms with Crippen LogP contribution in [0.25, 0.3) is 0 Å². The smallest absolute Gasteiger partial charge is 0.244 e. The van der Waals surface area contributed by atoms with Crippen LogP contribution in [0.15, 0.2) is 29.2 Å². The van der Waals surface area contributed by atoms with Gasteiger partial charge in [-0.3, -0.25) is 4.90 Å². The predicted octanol–water partition coefficient (Wildman–Crippen LogP) is 3.22. The van der Waals surface area contributed by atoms with Crippen LogP contribution in [0, 0.1) is 23.2 Å². The summed E-state index contributed by atoms with van der Waals surface area (Å²) in [5.41, 5.74) is 0.246. The van der Waals surface area contributed by atoms with Crippen LogP contribution in [0.5, 0.6) is 0 Å². The molecule has 3 aliphatic heterocycles. The van der Waals surface area contributed by atoms with Crippen molar-refractivity contribution < 1.29 is 8.42 Å². The first-order valence-electron chi connectivity index (χ1n) is 10.3. The van der Waals surface area contributed by atoms with Gasteiger partial charge in [0.2, 0.25) is 10.0 Å². The summed E-state index contributed by atoms with van der Waals surface area (Å²) in [4.78, 5) is 2.88. The molecule has 5 nitrogen and oxygen atoms in total. The van der Waals surface area contributed by atoms with Gasteiger partial charge in [-0.15, -0.1) is 0 Å². The number of rotatable bonds is 4. The van der Waals surface area contributed by atoms with E-state index in [0.29, 0.717) is 37.0 Å². The molecule has 0 unspecified atom stereocenters. The topological polar surface area (TPSA) is 64.4 Å². The number of fused-ring (bicyclic) bond motifs is 4. The number of hydrogen-bond acceptors (Lipinski definition) is 4. The summed E-state index contributed by atoms with van der Waals surface area (Å²) in [5.74, 6) is 0.822. The minimum absolute atomic E-state index is 0.164. The molecule has 3 fully saturated rings. The third-order valence-corrected chi connectivity index (χ3v) is 8.62. The summed E-state index contributed by atoms with van der Waals surface area (Å²) in [6.45, 7) is 4.46. The largest absolute Gasteiger partial charge is 0.297 e. The van der Waals surface area contributed by atoms with Crippen LogP contribution in [0.3, 0.4) is 0 Å². The number of sulfonamides is 1. The fraction of sp³-hybridized carbons (Fsp3) is 0.667. The molecule has 0 radical (unpaired) electrons. The van der Waals surface area contributed by atoms with E-state index in [4.69, 9.17) is 0 Å². The van der Waals surface area contributed by atoms with Gasteiger partial charge in [-0.25, -0.2) is 8.42 Å². The second-order valence-electron chi connectivity index (χ2n) is 8.43. The Labute approximate surface area is 163 Å². The van der Waals surface area contributed by atoms with E-state index in [2.05, 4.69) is 11.8 Å². The highest BCUT2D eigenvalue weighted by molar-refractivity contribution is 7.89. The van der Waals surface area contributed by atoms with E-state index in [1.54, 1.807) is 28.6 Å². The highest BCUT2D eigenvalue weighted by Gasteiger charge is 2.46. The van der Waals surface area contributed by atoms with Crippen molar-refractivity contribution in [3.63, 3.8) is 0 Å². The molecule has 3 saturated heterocycles. The molecule has 146 valence electrons. The first-order chi connectivity index (χ1) is 13.0. The van der Waals surface area contributed by atoms with Crippen molar-refractivity contribution in [2.75, 3.05) is 19.6 Å². The zero-order chi connectivity index (χ0) is 19.0. The fourth-order valence-corrected chi connectivity index (χ4v) is 7.34. The van der Waals surface area contributed by atoms with Gasteiger partial charge in [0, 0.05) is 31.7 Å². The Hall–Kier alpha value is -1.42. The lowest BCUT2D eigenvalue weighted by Crippen LogP contribution is -2.62. The Balaban J connectivity index is 1.58. The predicted molar refractivity (Wildman–Crippen MR) is 105 cm³/mol. The van der Waals surface area contributed by atoms with Gasteiger partial charge in [0.25, 0.3) is 0 Å². The van der Waals surface area contributed by atoms with E-state index in [-0.39, 0.29) is 10.5 Å². The summed E-state index contributed by atoms with van der Waals surface area (Å²) in [6, 6.07) is 9.84. The SMILES string of the molecule is CCC[C@H]1CCC[C@H]2[C@@H]3C[C@H](CN12)CN(S(=O)(=O)c1ccccc1C#N)C3. The molecule has 0 spiro atoms. The van der Waals surface area contributed by atoms with Crippen molar-refractivity contribution >= 4 is 10.0 Å². The summed E-state index contributed by atoms with van der Waals surface area (Å²) < 4.78 is 28.2. The lowest BCUT2D eigenvalue weighted by molar-refractivity contribution is -0.0426. The van der Waals surface area contributed by atoms with Gasteiger partial charge >= 0.3 is 0 Å². The van der Waals surface area contributed by atoms with Crippen LogP contribution in [-0.2, 0) is 10.0 Å². The van der Waals surface area contributed by atoms with Crippen molar-refractivity contribution in [3.8, 4) is 6.07 Å². The molecule has 1 aromatic carbocycles. The van der Waals surface area contributed by atoms with E-state index in [1.165, 1.54) is 32.1 Å². The zero-order valence-electron chi connectivity index (χ0n) is 16.0. The molecule has 0 aliphatic carbocycles. The van der Waals surface area contributed by atoms with Crippen molar-refractivity contribution in [1.82, 2.24) is 9.21 Å². The van der Waals surface area contributed by atoms with Crippen LogP contribution in [0.1, 0.15) is 51.0 Å². The zero-order valence-corrected chi connectivity index (χ0v) is 16.9. The second kappa shape index (κ2) is 7.54. The van der Waals surface area contributed by atoms with Crippen LogP contribution in [-0.4, -0.2) is 49.3 Å². The quantitative estimate of drug-likeness (QED) is 0.796. The molecule has 0 amide bonds. The summed E-state index contributed by atoms with van der Waals surface area (Å²) in [5, 5.41) is 9.34. The highest BCUT2D eigenvalue weighted by Crippen LogP contribution is 2.41. The molecule has 0 saturated carbocycles. The van der Waals surface area contributed by atoms with Crippen molar-refractivity contribution in [3.05, 3.63) is 29.8 Å². The molecule has 3 aliphatic rings. The van der Waals surface area contributed by atoms with Gasteiger partial charge in [0.15, 0.2) is 0 Å². The lowest BCUT2D eigenvalue weighted by Gasteiger charge is -2.55. The first-order valence-corrected chi connectivity index (χ1v) is 11.7. The number of piperidine rings is 3. The molecular formula is C21H29N3O2S. The molecule has 27 heavy (non-hydrogen) atoms. The minimum Gasteiger partial charge on any atom is -0.297 e. The van der Waals surface area contributed by atoms with Crippen LogP contribution < -0.4 is 0 Å². The number of nitriles is 1. The third kappa shape index (κ3) is 3.41. The van der Waals surface area contributed by atoms with Gasteiger partial charge in [-0.2, -0.15) is 9.57 Å². The maximum absolute atomic E-state index is 13.3. The lowest BCUT2D eigenvalue weighted by atomic mass is 9.75. The molecule has 4 rings (SSSR count). The monoisotopic (exact) mass is 387 g/mol. The summed E-state index contributed by atoms with van der Waals surface area (Å²) in [7, 11) is -3.62. The molecule has 3 heterocycles. The fourth-order valence-electron chi connectivity index (χ4n) is 5.63. The van der Waals surface area contributed by atoms with Gasteiger partial charge in [-0.05, 0) is 49.7 Å². The average molecular weight is 388 g/mol. The van der Waals surface area contributed by atoms with E-state index in [9.17, 15) is 13.7 Å². The van der Waals surface area contributed by atoms with E-state index in [1.807, 2.05) is 6.07 Å². The van der Waals surface area contributed by atoms with E-state index >= 15 is 0 Å². The van der Waals surface area contributed by atoms with Gasteiger partial charge < -0.3 is 0 Å². The van der Waals surface area contributed by atoms with E-state index in [0.717, 1.165) is 13.0 Å². The molecule has 0 aromatic heterocycles. The van der Waals surface area contributed by atoms with Crippen molar-refractivity contribution in [2.45, 2.75) is 62.4 Å². The Morgan fingerprint density at radius 1 is 1.19 bits per heavy atom. The normalized spacial score (nSPS) is 31.9. The Morgan fingerprint density at radius 2 is 2.00 bits per heavy atom. The van der Waals surface area contributed by atoms with Crippen LogP contribution >= 0.6 is 0 Å². The summed E-state index contributed by atoms with van der Waals surface area (Å²) >= 11 is 0. The molecular weight excluding hydrogens is 358 g/mol. The number of hydrogen-bond donors (Lipinski definition) is 0. The maximum atomic E-state index is 13.3. The number of benzene rings is 1. The Bertz CT molecular complexity index is 830. The Morgan fingerprint density at radius 3 is 2.78 bits per heavy atom. The first kappa shape index (κ1) is 18.9. The summed E-state index contributed by atoms with van der Waals surface area (Å²) in [6.07, 6.45) is 7.37. The number of nitrogens with zero attached hydrogens (tertiary/aromatic N) is 3. The molecule has 2 bridgehead atoms. The molecule has 0 N–H and O–H groups in total. The van der Waals surface area contributed by atoms with Crippen molar-refractivity contribution in [2.24, 2.45) is 11.8 Å². The Kier molecular flexibility index (Phi) is 5.28. The van der Waals surface area contributed by atoms with Gasteiger partial charge in [0.1, 0.15) is 6.07 Å². The molecule has 4 atom stereocenters. The second-order valence-corrected chi connectivity index (χ2v) is 10.3. The van der Waals surface area contributed by atoms with Gasteiger partial charge in [-0.1, -0.05) is 31.9 Å². The standard InChI is InChI=1S/C21H29N3O2S/c1-2-6-19-8-5-9-20-18-11-16(14-24(19)20)13-23(15-18)27(25,26)21-10-4-3-7-17(21)12-22/h3-4,7,10,16,18-20H,2,5-6,8-9,11,13-15H2,1H3/t16-,18+,19-,20-/m0/s1. The van der Waals surface area contributed by atoms with Gasteiger partial charge in [0.05, 0.1) is 10.5 Å². The highest BCUT2D eigenvalue weighted by atomic mass is 32.2. The van der Waals surface area contributed by atoms with Crippen molar-refractivity contribution in [1.29, 1.82) is 5.26 Å². The third-order valence-electron chi connectivity index (χ3n) is 6.73. The molecule has 1 aromatic rings. The minimum atomic E-state index is -3.62. The molecule has 6 heteroatoms. The maximum Gasteiger partial charge on any atom is 0.244 e. The van der Waals surface area contributed by atoms with E-state index < -0.39 is 10.0 Å².